The predicted octanol–water partition coefficient (Wildman–Crippen LogP) is 4.85. The Morgan fingerprint density at radius 3 is 2.76 bits per heavy atom. The molecule has 0 aliphatic heterocycles. The molecule has 0 saturated heterocycles. The summed E-state index contributed by atoms with van der Waals surface area (Å²) in [5, 5.41) is 0. The summed E-state index contributed by atoms with van der Waals surface area (Å²) in [6, 6.07) is 8.75. The first-order chi connectivity index (χ1) is 8.25. The van der Waals surface area contributed by atoms with Crippen LogP contribution in [0.25, 0.3) is 6.08 Å². The van der Waals surface area contributed by atoms with E-state index in [2.05, 4.69) is 56.3 Å². The van der Waals surface area contributed by atoms with Crippen LogP contribution in [0.3, 0.4) is 0 Å². The zero-order valence-corrected chi connectivity index (χ0v) is 10.5. The minimum atomic E-state index is 0.581. The third-order valence-corrected chi connectivity index (χ3v) is 4.03. The van der Waals surface area contributed by atoms with Crippen LogP contribution < -0.4 is 0 Å². The molecule has 1 atom stereocenters. The summed E-state index contributed by atoms with van der Waals surface area (Å²) < 4.78 is 0. The van der Waals surface area contributed by atoms with E-state index in [1.165, 1.54) is 23.1 Å². The average Bonchev–Trinajstić information content (AvgIpc) is 2.88. The zero-order valence-electron chi connectivity index (χ0n) is 10.5. The van der Waals surface area contributed by atoms with Gasteiger partial charge in [-0.2, -0.15) is 0 Å². The van der Waals surface area contributed by atoms with Gasteiger partial charge in [0, 0.05) is 5.92 Å². The largest absolute Gasteiger partial charge is 0.0772 e. The molecular formula is C17H18. The molecule has 1 unspecified atom stereocenters. The van der Waals surface area contributed by atoms with Gasteiger partial charge in [0.1, 0.15) is 0 Å². The van der Waals surface area contributed by atoms with Gasteiger partial charge in [0.15, 0.2) is 0 Å². The van der Waals surface area contributed by atoms with E-state index in [9.17, 15) is 0 Å². The highest BCUT2D eigenvalue weighted by Gasteiger charge is 2.20. The zero-order chi connectivity index (χ0) is 11.8. The molecule has 1 aromatic rings. The molecule has 0 amide bonds. The molecule has 0 heteroatoms. The Labute approximate surface area is 103 Å². The van der Waals surface area contributed by atoms with Crippen molar-refractivity contribution in [1.82, 2.24) is 0 Å². The van der Waals surface area contributed by atoms with Crippen molar-refractivity contribution in [3.8, 4) is 0 Å². The van der Waals surface area contributed by atoms with Crippen molar-refractivity contribution < 1.29 is 0 Å². The SMILES string of the molecule is CC1=CCC(C)=C1CC1C=Cc2ccccc21. The third-order valence-electron chi connectivity index (χ3n) is 4.03. The second-order valence-electron chi connectivity index (χ2n) is 5.15. The second kappa shape index (κ2) is 4.03. The molecule has 0 saturated carbocycles. The van der Waals surface area contributed by atoms with E-state index in [-0.39, 0.29) is 0 Å². The van der Waals surface area contributed by atoms with Crippen LogP contribution in [0.1, 0.15) is 43.7 Å². The Hall–Kier alpha value is -1.56. The van der Waals surface area contributed by atoms with E-state index in [0.717, 1.165) is 6.42 Å². The second-order valence-corrected chi connectivity index (χ2v) is 5.15. The van der Waals surface area contributed by atoms with E-state index >= 15 is 0 Å². The summed E-state index contributed by atoms with van der Waals surface area (Å²) in [5.41, 5.74) is 7.51. The van der Waals surface area contributed by atoms with Gasteiger partial charge in [-0.15, -0.1) is 0 Å². The monoisotopic (exact) mass is 222 g/mol. The van der Waals surface area contributed by atoms with Crippen LogP contribution in [0.15, 0.2) is 53.1 Å². The molecule has 0 aromatic heterocycles. The summed E-state index contributed by atoms with van der Waals surface area (Å²) in [6.45, 7) is 4.52. The maximum absolute atomic E-state index is 2.36. The molecule has 1 aromatic carbocycles. The fourth-order valence-corrected chi connectivity index (χ4v) is 2.95. The molecule has 0 bridgehead atoms. The Bertz CT molecular complexity index is 541. The fraction of sp³-hybridized carbons (Fsp3) is 0.294. The topological polar surface area (TPSA) is 0 Å². The molecule has 0 N–H and O–H groups in total. The van der Waals surface area contributed by atoms with E-state index in [1.807, 2.05) is 0 Å². The van der Waals surface area contributed by atoms with Gasteiger partial charge in [-0.3, -0.25) is 0 Å². The highest BCUT2D eigenvalue weighted by Crippen LogP contribution is 2.39. The van der Waals surface area contributed by atoms with Gasteiger partial charge in [-0.25, -0.2) is 0 Å². The lowest BCUT2D eigenvalue weighted by Crippen LogP contribution is -1.97. The molecule has 2 aliphatic rings. The Morgan fingerprint density at radius 1 is 1.18 bits per heavy atom. The molecule has 0 spiro atoms. The Balaban J connectivity index is 1.88. The van der Waals surface area contributed by atoms with Gasteiger partial charge in [0.25, 0.3) is 0 Å². The van der Waals surface area contributed by atoms with Gasteiger partial charge in [0.2, 0.25) is 0 Å². The maximum Gasteiger partial charge on any atom is 0.00677 e. The van der Waals surface area contributed by atoms with Crippen LogP contribution >= 0.6 is 0 Å². The average molecular weight is 222 g/mol. The molecule has 2 aliphatic carbocycles. The van der Waals surface area contributed by atoms with Crippen LogP contribution in [0.2, 0.25) is 0 Å². The standard InChI is InChI=1S/C17H18/c1-12-7-8-13(2)17(12)11-15-10-9-14-5-3-4-6-16(14)15/h3-7,9-10,15H,8,11H2,1-2H3. The number of benzene rings is 1. The lowest BCUT2D eigenvalue weighted by molar-refractivity contribution is 0.838. The van der Waals surface area contributed by atoms with Crippen LogP contribution in [-0.2, 0) is 0 Å². The number of allylic oxidation sites excluding steroid dienone is 5. The molecule has 3 rings (SSSR count). The fourth-order valence-electron chi connectivity index (χ4n) is 2.95. The lowest BCUT2D eigenvalue weighted by atomic mass is 9.90. The van der Waals surface area contributed by atoms with Gasteiger partial charge >= 0.3 is 0 Å². The summed E-state index contributed by atoms with van der Waals surface area (Å²) in [6.07, 6.45) is 9.30. The van der Waals surface area contributed by atoms with Crippen molar-refractivity contribution in [2.75, 3.05) is 0 Å². The van der Waals surface area contributed by atoms with Crippen molar-refractivity contribution in [3.63, 3.8) is 0 Å². The van der Waals surface area contributed by atoms with Crippen LogP contribution in [0.5, 0.6) is 0 Å². The lowest BCUT2D eigenvalue weighted by Gasteiger charge is -2.14. The van der Waals surface area contributed by atoms with Gasteiger partial charge in [-0.05, 0) is 43.4 Å². The van der Waals surface area contributed by atoms with Gasteiger partial charge < -0.3 is 0 Å². The predicted molar refractivity (Wildman–Crippen MR) is 73.9 cm³/mol. The number of hydrogen-bond acceptors (Lipinski definition) is 0. The summed E-state index contributed by atoms with van der Waals surface area (Å²) >= 11 is 0. The summed E-state index contributed by atoms with van der Waals surface area (Å²) in [4.78, 5) is 0. The van der Waals surface area contributed by atoms with E-state index in [0.29, 0.717) is 5.92 Å². The van der Waals surface area contributed by atoms with E-state index < -0.39 is 0 Å². The highest BCUT2D eigenvalue weighted by atomic mass is 14.2. The quantitative estimate of drug-likeness (QED) is 0.670. The molecule has 17 heavy (non-hydrogen) atoms. The van der Waals surface area contributed by atoms with Crippen LogP contribution in [0, 0.1) is 0 Å². The van der Waals surface area contributed by atoms with Crippen LogP contribution in [0.4, 0.5) is 0 Å². The molecule has 0 heterocycles. The maximum atomic E-state index is 2.36. The molecule has 0 nitrogen and oxygen atoms in total. The minimum absolute atomic E-state index is 0.581. The first-order valence-corrected chi connectivity index (χ1v) is 6.38. The normalized spacial score (nSPS) is 22.0. The summed E-state index contributed by atoms with van der Waals surface area (Å²) in [5.74, 6) is 0.581. The molecule has 0 radical (unpaired) electrons. The number of rotatable bonds is 2. The first kappa shape index (κ1) is 10.6. The highest BCUT2D eigenvalue weighted by molar-refractivity contribution is 5.63. The van der Waals surface area contributed by atoms with Gasteiger partial charge in [0.05, 0.1) is 0 Å². The molecular weight excluding hydrogens is 204 g/mol. The van der Waals surface area contributed by atoms with Crippen molar-refractivity contribution in [3.05, 3.63) is 64.3 Å². The number of hydrogen-bond donors (Lipinski definition) is 0. The van der Waals surface area contributed by atoms with Crippen molar-refractivity contribution >= 4 is 6.08 Å². The Morgan fingerprint density at radius 2 is 2.00 bits per heavy atom. The van der Waals surface area contributed by atoms with E-state index in [1.54, 1.807) is 11.1 Å². The first-order valence-electron chi connectivity index (χ1n) is 6.38. The smallest absolute Gasteiger partial charge is 0.00677 e. The third kappa shape index (κ3) is 1.78. The van der Waals surface area contributed by atoms with E-state index in [4.69, 9.17) is 0 Å². The molecule has 86 valence electrons. The van der Waals surface area contributed by atoms with Crippen molar-refractivity contribution in [2.45, 2.75) is 32.6 Å². The Kier molecular flexibility index (Phi) is 2.51. The summed E-state index contributed by atoms with van der Waals surface area (Å²) in [7, 11) is 0. The van der Waals surface area contributed by atoms with Crippen molar-refractivity contribution in [1.29, 1.82) is 0 Å². The van der Waals surface area contributed by atoms with Crippen molar-refractivity contribution in [2.24, 2.45) is 0 Å². The number of fused-ring (bicyclic) bond motifs is 1. The minimum Gasteiger partial charge on any atom is -0.0772 e. The van der Waals surface area contributed by atoms with Gasteiger partial charge in [-0.1, -0.05) is 53.6 Å². The van der Waals surface area contributed by atoms with Crippen LogP contribution in [-0.4, -0.2) is 0 Å². The molecule has 0 fully saturated rings.